The van der Waals surface area contributed by atoms with Crippen molar-refractivity contribution in [3.63, 3.8) is 0 Å². The van der Waals surface area contributed by atoms with Gasteiger partial charge in [0.15, 0.2) is 0 Å². The fourth-order valence-corrected chi connectivity index (χ4v) is 1.94. The highest BCUT2D eigenvalue weighted by Crippen LogP contribution is 2.17. The van der Waals surface area contributed by atoms with E-state index in [1.807, 2.05) is 13.0 Å². The van der Waals surface area contributed by atoms with Gasteiger partial charge in [-0.25, -0.2) is 0 Å². The van der Waals surface area contributed by atoms with E-state index < -0.39 is 0 Å². The van der Waals surface area contributed by atoms with E-state index >= 15 is 0 Å². The molecule has 0 aromatic heterocycles. The molecule has 0 aliphatic rings. The number of hydrogen-bond donors (Lipinski definition) is 1. The maximum atomic E-state index is 11.7. The normalized spacial score (nSPS) is 14.0. The van der Waals surface area contributed by atoms with E-state index in [0.717, 1.165) is 13.0 Å². The molecule has 0 saturated heterocycles. The Kier molecular flexibility index (Phi) is 5.86. The smallest absolute Gasteiger partial charge is 0.238 e. The highest BCUT2D eigenvalue weighted by molar-refractivity contribution is 5.80. The van der Waals surface area contributed by atoms with Crippen molar-refractivity contribution in [2.45, 2.75) is 32.2 Å². The van der Waals surface area contributed by atoms with Gasteiger partial charge in [0.2, 0.25) is 5.91 Å². The molecule has 0 aliphatic heterocycles. The molecule has 1 amide bonds. The zero-order valence-electron chi connectivity index (χ0n) is 11.8. The first-order valence-corrected chi connectivity index (χ1v) is 6.52. The molecule has 0 fully saturated rings. The van der Waals surface area contributed by atoms with Gasteiger partial charge < -0.3 is 10.2 Å². The van der Waals surface area contributed by atoms with Crippen LogP contribution in [0.1, 0.15) is 31.7 Å². The van der Waals surface area contributed by atoms with Gasteiger partial charge in [-0.1, -0.05) is 37.3 Å². The van der Waals surface area contributed by atoms with E-state index in [-0.39, 0.29) is 11.9 Å². The van der Waals surface area contributed by atoms with Gasteiger partial charge in [0.25, 0.3) is 0 Å². The molecule has 2 atom stereocenters. The van der Waals surface area contributed by atoms with Crippen molar-refractivity contribution in [3.8, 4) is 0 Å². The summed E-state index contributed by atoms with van der Waals surface area (Å²) in [6.45, 7) is 4.99. The van der Waals surface area contributed by atoms with Crippen molar-refractivity contribution in [2.75, 3.05) is 20.6 Å². The van der Waals surface area contributed by atoms with Gasteiger partial charge in [0.05, 0.1) is 6.04 Å². The van der Waals surface area contributed by atoms with Crippen LogP contribution >= 0.6 is 0 Å². The van der Waals surface area contributed by atoms with Crippen molar-refractivity contribution in [2.24, 2.45) is 0 Å². The third kappa shape index (κ3) is 4.49. The van der Waals surface area contributed by atoms with Gasteiger partial charge in [0.1, 0.15) is 0 Å². The van der Waals surface area contributed by atoms with Crippen LogP contribution in [0, 0.1) is 0 Å². The Bertz CT molecular complexity index is 362. The topological polar surface area (TPSA) is 32.3 Å². The van der Waals surface area contributed by atoms with Gasteiger partial charge >= 0.3 is 0 Å². The zero-order valence-corrected chi connectivity index (χ0v) is 11.8. The molecule has 1 rings (SSSR count). The number of carbonyl (C=O) groups excluding carboxylic acids is 1. The van der Waals surface area contributed by atoms with Crippen LogP contribution in [0.2, 0.25) is 0 Å². The predicted octanol–water partition coefficient (Wildman–Crippen LogP) is 2.25. The molecule has 0 aliphatic carbocycles. The molecule has 0 saturated carbocycles. The second kappa shape index (κ2) is 7.17. The van der Waals surface area contributed by atoms with Gasteiger partial charge in [-0.2, -0.15) is 0 Å². The van der Waals surface area contributed by atoms with Gasteiger partial charge in [-0.3, -0.25) is 4.79 Å². The minimum Gasteiger partial charge on any atom is -0.347 e. The summed E-state index contributed by atoms with van der Waals surface area (Å²) in [4.78, 5) is 13.3. The molecule has 18 heavy (non-hydrogen) atoms. The molecule has 1 N–H and O–H groups in total. The lowest BCUT2D eigenvalue weighted by Crippen LogP contribution is -2.42. The molecule has 100 valence electrons. The van der Waals surface area contributed by atoms with E-state index in [1.165, 1.54) is 5.56 Å². The molecule has 2 unspecified atom stereocenters. The van der Waals surface area contributed by atoms with E-state index in [0.29, 0.717) is 5.92 Å². The highest BCUT2D eigenvalue weighted by atomic mass is 16.2. The molecule has 0 radical (unpaired) electrons. The van der Waals surface area contributed by atoms with Crippen molar-refractivity contribution in [3.05, 3.63) is 35.9 Å². The number of nitrogens with zero attached hydrogens (tertiary/aromatic N) is 1. The average molecular weight is 248 g/mol. The molecule has 3 heteroatoms. The summed E-state index contributed by atoms with van der Waals surface area (Å²) in [5, 5.41) is 3.27. The maximum Gasteiger partial charge on any atom is 0.238 e. The lowest BCUT2D eigenvalue weighted by molar-refractivity contribution is -0.130. The number of benzene rings is 1. The molecule has 1 aromatic carbocycles. The molecule has 0 spiro atoms. The van der Waals surface area contributed by atoms with Gasteiger partial charge in [-0.15, -0.1) is 0 Å². The average Bonchev–Trinajstić information content (AvgIpc) is 2.38. The Labute approximate surface area is 110 Å². The summed E-state index contributed by atoms with van der Waals surface area (Å²) in [7, 11) is 3.57. The molecule has 0 bridgehead atoms. The SMILES string of the molecule is CC(NCCC(C)c1ccccc1)C(=O)N(C)C. The largest absolute Gasteiger partial charge is 0.347 e. The first-order chi connectivity index (χ1) is 8.52. The molecular weight excluding hydrogens is 224 g/mol. The fraction of sp³-hybridized carbons (Fsp3) is 0.533. The number of carbonyl (C=O) groups is 1. The van der Waals surface area contributed by atoms with Crippen LogP contribution in [-0.2, 0) is 4.79 Å². The van der Waals surface area contributed by atoms with Gasteiger partial charge in [0, 0.05) is 14.1 Å². The van der Waals surface area contributed by atoms with Crippen LogP contribution in [0.5, 0.6) is 0 Å². The summed E-state index contributed by atoms with van der Waals surface area (Å²) >= 11 is 0. The summed E-state index contributed by atoms with van der Waals surface area (Å²) in [6.07, 6.45) is 1.04. The first-order valence-electron chi connectivity index (χ1n) is 6.52. The van der Waals surface area contributed by atoms with E-state index in [2.05, 4.69) is 36.5 Å². The Morgan fingerprint density at radius 3 is 2.39 bits per heavy atom. The Morgan fingerprint density at radius 1 is 1.22 bits per heavy atom. The fourth-order valence-electron chi connectivity index (χ4n) is 1.94. The minimum absolute atomic E-state index is 0.108. The third-order valence-electron chi connectivity index (χ3n) is 3.21. The summed E-state index contributed by atoms with van der Waals surface area (Å²) in [5.41, 5.74) is 1.35. The van der Waals surface area contributed by atoms with E-state index in [1.54, 1.807) is 19.0 Å². The summed E-state index contributed by atoms with van der Waals surface area (Å²) < 4.78 is 0. The lowest BCUT2D eigenvalue weighted by atomic mass is 9.98. The van der Waals surface area contributed by atoms with Crippen LogP contribution < -0.4 is 5.32 Å². The number of hydrogen-bond acceptors (Lipinski definition) is 2. The Morgan fingerprint density at radius 2 is 1.83 bits per heavy atom. The molecule has 1 aromatic rings. The lowest BCUT2D eigenvalue weighted by Gasteiger charge is -2.19. The standard InChI is InChI=1S/C15H24N2O/c1-12(14-8-6-5-7-9-14)10-11-16-13(2)15(18)17(3)4/h5-9,12-13,16H,10-11H2,1-4H3. The summed E-state index contributed by atoms with van der Waals surface area (Å²) in [6, 6.07) is 10.4. The van der Waals surface area contributed by atoms with Crippen LogP contribution in [0.3, 0.4) is 0 Å². The maximum absolute atomic E-state index is 11.7. The minimum atomic E-state index is -0.108. The van der Waals surface area contributed by atoms with Crippen molar-refractivity contribution < 1.29 is 4.79 Å². The highest BCUT2D eigenvalue weighted by Gasteiger charge is 2.14. The van der Waals surface area contributed by atoms with Crippen LogP contribution in [0.25, 0.3) is 0 Å². The van der Waals surface area contributed by atoms with Gasteiger partial charge in [-0.05, 0) is 31.4 Å². The van der Waals surface area contributed by atoms with Crippen molar-refractivity contribution >= 4 is 5.91 Å². The Balaban J connectivity index is 2.32. The Hall–Kier alpha value is -1.35. The number of rotatable bonds is 6. The van der Waals surface area contributed by atoms with Crippen LogP contribution in [0.15, 0.2) is 30.3 Å². The first kappa shape index (κ1) is 14.7. The van der Waals surface area contributed by atoms with E-state index in [4.69, 9.17) is 0 Å². The third-order valence-corrected chi connectivity index (χ3v) is 3.21. The zero-order chi connectivity index (χ0) is 13.5. The van der Waals surface area contributed by atoms with Crippen molar-refractivity contribution in [1.82, 2.24) is 10.2 Å². The van der Waals surface area contributed by atoms with Crippen LogP contribution in [0.4, 0.5) is 0 Å². The quantitative estimate of drug-likeness (QED) is 0.837. The van der Waals surface area contributed by atoms with Crippen LogP contribution in [-0.4, -0.2) is 37.5 Å². The molecule has 0 heterocycles. The number of nitrogens with one attached hydrogen (secondary N) is 1. The molecular formula is C15H24N2O. The molecule has 3 nitrogen and oxygen atoms in total. The number of amides is 1. The number of likely N-dealkylation sites (N-methyl/N-ethyl adjacent to an activating group) is 1. The summed E-state index contributed by atoms with van der Waals surface area (Å²) in [5.74, 6) is 0.641. The van der Waals surface area contributed by atoms with Crippen molar-refractivity contribution in [1.29, 1.82) is 0 Å². The monoisotopic (exact) mass is 248 g/mol. The predicted molar refractivity (Wildman–Crippen MR) is 75.6 cm³/mol. The second-order valence-electron chi connectivity index (χ2n) is 5.01. The van der Waals surface area contributed by atoms with E-state index in [9.17, 15) is 4.79 Å². The second-order valence-corrected chi connectivity index (χ2v) is 5.01.